The molecule has 12 heavy (non-hydrogen) atoms. The Morgan fingerprint density at radius 3 is 2.58 bits per heavy atom. The number of rotatable bonds is 1. The molecular weight excluding hydrogens is 148 g/mol. The number of aliphatic hydroxyl groups excluding tert-OH is 1. The molecular formula is C11H10O. The van der Waals surface area contributed by atoms with E-state index in [0.29, 0.717) is 0 Å². The standard InChI is InChI=1S/C11H10O/c12-8-10-7-6-9-4-2-1-3-5-11(9)10/h1-7,12H,8H2. The van der Waals surface area contributed by atoms with Crippen LogP contribution >= 0.6 is 0 Å². The normalized spacial score (nSPS) is 10.4. The molecule has 0 aliphatic heterocycles. The molecule has 0 bridgehead atoms. The van der Waals surface area contributed by atoms with Crippen LogP contribution in [0.15, 0.2) is 42.5 Å². The first-order valence-electron chi connectivity index (χ1n) is 3.99. The van der Waals surface area contributed by atoms with Crippen LogP contribution in [0.3, 0.4) is 0 Å². The van der Waals surface area contributed by atoms with Gasteiger partial charge in [0.1, 0.15) is 0 Å². The van der Waals surface area contributed by atoms with E-state index in [9.17, 15) is 0 Å². The molecule has 2 aliphatic carbocycles. The Morgan fingerprint density at radius 1 is 0.917 bits per heavy atom. The van der Waals surface area contributed by atoms with Gasteiger partial charge in [0.2, 0.25) is 0 Å². The van der Waals surface area contributed by atoms with Crippen molar-refractivity contribution in [3.8, 4) is 11.1 Å². The summed E-state index contributed by atoms with van der Waals surface area (Å²) in [7, 11) is 0. The van der Waals surface area contributed by atoms with Gasteiger partial charge in [0.05, 0.1) is 6.61 Å². The van der Waals surface area contributed by atoms with Crippen LogP contribution in [-0.4, -0.2) is 5.11 Å². The minimum absolute atomic E-state index is 0.119. The Balaban J connectivity index is 2.64. The molecule has 0 saturated heterocycles. The van der Waals surface area contributed by atoms with Gasteiger partial charge >= 0.3 is 0 Å². The van der Waals surface area contributed by atoms with Crippen molar-refractivity contribution in [2.24, 2.45) is 0 Å². The van der Waals surface area contributed by atoms with Gasteiger partial charge < -0.3 is 5.11 Å². The zero-order valence-electron chi connectivity index (χ0n) is 6.70. The van der Waals surface area contributed by atoms with E-state index in [4.69, 9.17) is 5.11 Å². The molecule has 0 saturated carbocycles. The van der Waals surface area contributed by atoms with Crippen molar-refractivity contribution >= 4 is 0 Å². The van der Waals surface area contributed by atoms with Crippen molar-refractivity contribution in [3.63, 3.8) is 0 Å². The van der Waals surface area contributed by atoms with E-state index in [1.807, 2.05) is 36.4 Å². The third-order valence-corrected chi connectivity index (χ3v) is 2.05. The molecule has 0 aromatic heterocycles. The molecule has 0 unspecified atom stereocenters. The maximum atomic E-state index is 9.01. The lowest BCUT2D eigenvalue weighted by molar-refractivity contribution is 0.283. The average Bonchev–Trinajstić information content (AvgIpc) is 2.33. The number of aliphatic hydroxyl groups is 1. The molecule has 2 rings (SSSR count). The molecule has 0 aromatic rings. The second-order valence-corrected chi connectivity index (χ2v) is 2.80. The minimum Gasteiger partial charge on any atom is -0.392 e. The van der Waals surface area contributed by atoms with Gasteiger partial charge in [-0.25, -0.2) is 0 Å². The van der Waals surface area contributed by atoms with E-state index in [1.54, 1.807) is 0 Å². The molecule has 0 fully saturated rings. The molecule has 0 atom stereocenters. The predicted molar refractivity (Wildman–Crippen MR) is 49.0 cm³/mol. The van der Waals surface area contributed by atoms with E-state index in [1.165, 1.54) is 5.56 Å². The van der Waals surface area contributed by atoms with Gasteiger partial charge in [0.15, 0.2) is 0 Å². The Labute approximate surface area is 71.6 Å². The first-order chi connectivity index (χ1) is 5.92. The second kappa shape index (κ2) is 2.95. The first kappa shape index (κ1) is 7.32. The van der Waals surface area contributed by atoms with Crippen LogP contribution in [0.5, 0.6) is 0 Å². The Kier molecular flexibility index (Phi) is 1.80. The molecule has 0 spiro atoms. The summed E-state index contributed by atoms with van der Waals surface area (Å²) < 4.78 is 0. The van der Waals surface area contributed by atoms with Crippen LogP contribution in [0.2, 0.25) is 0 Å². The Hall–Kier alpha value is -1.34. The van der Waals surface area contributed by atoms with Gasteiger partial charge in [-0.2, -0.15) is 0 Å². The summed E-state index contributed by atoms with van der Waals surface area (Å²) in [4.78, 5) is 0. The fourth-order valence-corrected chi connectivity index (χ4v) is 1.42. The zero-order valence-corrected chi connectivity index (χ0v) is 6.70. The summed E-state index contributed by atoms with van der Waals surface area (Å²) in [6.07, 6.45) is 0. The highest BCUT2D eigenvalue weighted by Crippen LogP contribution is 2.26. The van der Waals surface area contributed by atoms with E-state index in [-0.39, 0.29) is 6.61 Å². The van der Waals surface area contributed by atoms with Gasteiger partial charge in [0, 0.05) is 0 Å². The third-order valence-electron chi connectivity index (χ3n) is 2.05. The van der Waals surface area contributed by atoms with E-state index in [2.05, 4.69) is 6.07 Å². The van der Waals surface area contributed by atoms with Gasteiger partial charge in [-0.1, -0.05) is 42.5 Å². The molecule has 1 heteroatoms. The summed E-state index contributed by atoms with van der Waals surface area (Å²) in [6.45, 7) is 0.119. The molecule has 0 radical (unpaired) electrons. The van der Waals surface area contributed by atoms with Gasteiger partial charge in [-0.05, 0) is 16.7 Å². The van der Waals surface area contributed by atoms with Crippen molar-refractivity contribution in [2.75, 3.05) is 0 Å². The van der Waals surface area contributed by atoms with Gasteiger partial charge in [-0.3, -0.25) is 0 Å². The Bertz CT molecular complexity index is 354. The maximum Gasteiger partial charge on any atom is 0.0687 e. The van der Waals surface area contributed by atoms with Crippen LogP contribution in [-0.2, 0) is 6.61 Å². The lowest BCUT2D eigenvalue weighted by Gasteiger charge is -1.95. The highest BCUT2D eigenvalue weighted by atomic mass is 16.3. The quantitative estimate of drug-likeness (QED) is 0.675. The molecule has 0 heterocycles. The van der Waals surface area contributed by atoms with Crippen LogP contribution < -0.4 is 0 Å². The van der Waals surface area contributed by atoms with E-state index >= 15 is 0 Å². The summed E-state index contributed by atoms with van der Waals surface area (Å²) in [6, 6.07) is 14.0. The first-order valence-corrected chi connectivity index (χ1v) is 3.99. The summed E-state index contributed by atoms with van der Waals surface area (Å²) in [5.41, 5.74) is 3.33. The van der Waals surface area contributed by atoms with Crippen molar-refractivity contribution in [3.05, 3.63) is 48.0 Å². The molecule has 0 amide bonds. The number of hydrogen-bond donors (Lipinski definition) is 1. The van der Waals surface area contributed by atoms with Crippen molar-refractivity contribution < 1.29 is 5.11 Å². The van der Waals surface area contributed by atoms with Gasteiger partial charge in [-0.15, -0.1) is 0 Å². The van der Waals surface area contributed by atoms with Gasteiger partial charge in [0.25, 0.3) is 0 Å². The van der Waals surface area contributed by atoms with E-state index in [0.717, 1.165) is 11.1 Å². The van der Waals surface area contributed by atoms with Crippen molar-refractivity contribution in [2.45, 2.75) is 6.61 Å². The summed E-state index contributed by atoms with van der Waals surface area (Å²) in [5, 5.41) is 9.01. The van der Waals surface area contributed by atoms with Crippen LogP contribution in [0.4, 0.5) is 0 Å². The fraction of sp³-hybridized carbons (Fsp3) is 0.0909. The smallest absolute Gasteiger partial charge is 0.0687 e. The average molecular weight is 158 g/mol. The van der Waals surface area contributed by atoms with Crippen LogP contribution in [0.1, 0.15) is 5.56 Å². The molecule has 60 valence electrons. The summed E-state index contributed by atoms with van der Waals surface area (Å²) in [5.74, 6) is 0. The third kappa shape index (κ3) is 1.08. The Morgan fingerprint density at radius 2 is 1.75 bits per heavy atom. The van der Waals surface area contributed by atoms with Crippen molar-refractivity contribution in [1.82, 2.24) is 0 Å². The largest absolute Gasteiger partial charge is 0.392 e. The monoisotopic (exact) mass is 158 g/mol. The number of fused-ring (bicyclic) bond motifs is 1. The molecule has 1 nitrogen and oxygen atoms in total. The summed E-state index contributed by atoms with van der Waals surface area (Å²) >= 11 is 0. The van der Waals surface area contributed by atoms with Crippen LogP contribution in [0, 0.1) is 0 Å². The molecule has 1 N–H and O–H groups in total. The fourth-order valence-electron chi connectivity index (χ4n) is 1.42. The molecule has 0 aromatic carbocycles. The topological polar surface area (TPSA) is 20.2 Å². The maximum absolute atomic E-state index is 9.01. The predicted octanol–water partition coefficient (Wildman–Crippen LogP) is 2.28. The van der Waals surface area contributed by atoms with E-state index < -0.39 is 0 Å². The van der Waals surface area contributed by atoms with Crippen LogP contribution in [0.25, 0.3) is 11.1 Å². The highest BCUT2D eigenvalue weighted by Gasteiger charge is 2.04. The zero-order chi connectivity index (χ0) is 8.39. The lowest BCUT2D eigenvalue weighted by atomic mass is 10.1. The molecule has 2 aliphatic rings. The second-order valence-electron chi connectivity index (χ2n) is 2.80. The van der Waals surface area contributed by atoms with Crippen molar-refractivity contribution in [1.29, 1.82) is 0 Å². The highest BCUT2D eigenvalue weighted by molar-refractivity contribution is 5.70. The minimum atomic E-state index is 0.119. The lowest BCUT2D eigenvalue weighted by Crippen LogP contribution is -1.79. The SMILES string of the molecule is OCc1ccc2cccccc1-2. The number of hydrogen-bond acceptors (Lipinski definition) is 1.